The third kappa shape index (κ3) is 3.75. The summed E-state index contributed by atoms with van der Waals surface area (Å²) < 4.78 is 32.9. The highest BCUT2D eigenvalue weighted by Gasteiger charge is 2.38. The quantitative estimate of drug-likeness (QED) is 0.585. The van der Waals surface area contributed by atoms with E-state index in [9.17, 15) is 13.2 Å². The molecule has 4 rings (SSSR count). The van der Waals surface area contributed by atoms with E-state index in [-0.39, 0.29) is 15.5 Å². The molecule has 0 fully saturated rings. The van der Waals surface area contributed by atoms with Gasteiger partial charge in [0.15, 0.2) is 0 Å². The maximum Gasteiger partial charge on any atom is 0.293 e. The zero-order valence-corrected chi connectivity index (χ0v) is 18.0. The zero-order chi connectivity index (χ0) is 21.3. The van der Waals surface area contributed by atoms with E-state index in [1.54, 1.807) is 30.3 Å². The van der Waals surface area contributed by atoms with E-state index in [0.29, 0.717) is 30.0 Å². The van der Waals surface area contributed by atoms with Gasteiger partial charge in [0.2, 0.25) is 5.13 Å². The van der Waals surface area contributed by atoms with Crippen molar-refractivity contribution in [3.8, 4) is 5.75 Å². The molecule has 0 saturated heterocycles. The van der Waals surface area contributed by atoms with Crippen LogP contribution < -0.4 is 14.4 Å². The highest BCUT2D eigenvalue weighted by molar-refractivity contribution is 7.94. The fourth-order valence-corrected chi connectivity index (χ4v) is 6.06. The summed E-state index contributed by atoms with van der Waals surface area (Å²) in [6, 6.07) is 13.8. The smallest absolute Gasteiger partial charge is 0.293 e. The Bertz CT molecular complexity index is 1180. The fraction of sp³-hybridized carbons (Fsp3) is 0.250. The molecule has 3 aromatic rings. The summed E-state index contributed by atoms with van der Waals surface area (Å²) in [5.41, 5.74) is 2.03. The first-order chi connectivity index (χ1) is 14.4. The summed E-state index contributed by atoms with van der Waals surface area (Å²) in [7, 11) is -3.88. The van der Waals surface area contributed by atoms with Gasteiger partial charge in [-0.1, -0.05) is 29.5 Å². The number of nitrogens with zero attached hydrogens (tertiary/aromatic N) is 3. The third-order valence-corrected chi connectivity index (χ3v) is 7.79. The van der Waals surface area contributed by atoms with Crippen molar-refractivity contribution in [1.29, 1.82) is 0 Å². The highest BCUT2D eigenvalue weighted by atomic mass is 32.2. The van der Waals surface area contributed by atoms with Crippen LogP contribution in [0, 0.1) is 0 Å². The number of benzene rings is 2. The number of anilines is 2. The Balaban J connectivity index is 1.53. The average molecular weight is 445 g/mol. The SMILES string of the molecule is CCOc1ccc(C(=O)Nc2nnc(S(=O)(=O)N3c4ccccc4CC3C)s2)cc1. The van der Waals surface area contributed by atoms with Gasteiger partial charge in [-0.2, -0.15) is 8.42 Å². The van der Waals surface area contributed by atoms with Crippen molar-refractivity contribution in [2.24, 2.45) is 0 Å². The van der Waals surface area contributed by atoms with Gasteiger partial charge < -0.3 is 4.74 Å². The highest BCUT2D eigenvalue weighted by Crippen LogP contribution is 2.37. The number of hydrogen-bond donors (Lipinski definition) is 1. The molecule has 2 heterocycles. The topological polar surface area (TPSA) is 101 Å². The van der Waals surface area contributed by atoms with E-state index in [1.165, 1.54) is 4.31 Å². The first-order valence-electron chi connectivity index (χ1n) is 9.40. The van der Waals surface area contributed by atoms with E-state index in [0.717, 1.165) is 16.9 Å². The summed E-state index contributed by atoms with van der Waals surface area (Å²) in [6.07, 6.45) is 0.634. The van der Waals surface area contributed by atoms with E-state index < -0.39 is 15.9 Å². The standard InChI is InChI=1S/C20H20N4O4S2/c1-3-28-16-10-8-14(9-11-16)18(25)21-19-22-23-20(29-19)30(26,27)24-13(2)12-15-6-4-5-7-17(15)24/h4-11,13H,3,12H2,1-2H3,(H,21,22,25). The molecule has 0 spiro atoms. The molecule has 0 aliphatic carbocycles. The molecule has 1 aromatic heterocycles. The fourth-order valence-electron chi connectivity index (χ4n) is 3.39. The maximum atomic E-state index is 13.2. The van der Waals surface area contributed by atoms with Crippen molar-refractivity contribution in [2.45, 2.75) is 30.6 Å². The van der Waals surface area contributed by atoms with Gasteiger partial charge in [0.05, 0.1) is 12.3 Å². The summed E-state index contributed by atoms with van der Waals surface area (Å²) in [5.74, 6) is 0.261. The van der Waals surface area contributed by atoms with Crippen LogP contribution in [0.1, 0.15) is 29.8 Å². The van der Waals surface area contributed by atoms with Crippen molar-refractivity contribution in [2.75, 3.05) is 16.2 Å². The summed E-state index contributed by atoms with van der Waals surface area (Å²) >= 11 is 0.829. The van der Waals surface area contributed by atoms with Crippen molar-refractivity contribution in [3.05, 3.63) is 59.7 Å². The van der Waals surface area contributed by atoms with Crippen molar-refractivity contribution < 1.29 is 17.9 Å². The van der Waals surface area contributed by atoms with Crippen LogP contribution in [0.25, 0.3) is 0 Å². The third-order valence-electron chi connectivity index (χ3n) is 4.68. The molecule has 1 N–H and O–H groups in total. The summed E-state index contributed by atoms with van der Waals surface area (Å²) in [5, 5.41) is 10.4. The predicted octanol–water partition coefficient (Wildman–Crippen LogP) is 3.33. The molecule has 156 valence electrons. The average Bonchev–Trinajstić information content (AvgIpc) is 3.33. The lowest BCUT2D eigenvalue weighted by molar-refractivity contribution is 0.102. The Kier molecular flexibility index (Phi) is 5.44. The van der Waals surface area contributed by atoms with Gasteiger partial charge in [0, 0.05) is 11.6 Å². The second-order valence-electron chi connectivity index (χ2n) is 6.77. The Morgan fingerprint density at radius 3 is 2.67 bits per heavy atom. The maximum absolute atomic E-state index is 13.2. The van der Waals surface area contributed by atoms with Gasteiger partial charge in [0.1, 0.15) is 5.75 Å². The first kappa shape index (κ1) is 20.3. The minimum Gasteiger partial charge on any atom is -0.494 e. The van der Waals surface area contributed by atoms with Crippen LogP contribution in [0.15, 0.2) is 52.9 Å². The summed E-state index contributed by atoms with van der Waals surface area (Å²) in [6.45, 7) is 4.27. The number of fused-ring (bicyclic) bond motifs is 1. The number of rotatable bonds is 6. The molecule has 30 heavy (non-hydrogen) atoms. The number of ether oxygens (including phenoxy) is 1. The normalized spacial score (nSPS) is 15.7. The molecule has 1 atom stereocenters. The van der Waals surface area contributed by atoms with Crippen LogP contribution in [0.3, 0.4) is 0 Å². The van der Waals surface area contributed by atoms with Gasteiger partial charge in [0.25, 0.3) is 20.3 Å². The minimum absolute atomic E-state index is 0.118. The molecule has 1 amide bonds. The van der Waals surface area contributed by atoms with Gasteiger partial charge >= 0.3 is 0 Å². The van der Waals surface area contributed by atoms with E-state index in [1.807, 2.05) is 32.0 Å². The molecular weight excluding hydrogens is 424 g/mol. The monoisotopic (exact) mass is 444 g/mol. The van der Waals surface area contributed by atoms with Crippen LogP contribution in [0.2, 0.25) is 0 Å². The second kappa shape index (κ2) is 8.04. The lowest BCUT2D eigenvalue weighted by Gasteiger charge is -2.22. The molecule has 8 nitrogen and oxygen atoms in total. The number of sulfonamides is 1. The second-order valence-corrected chi connectivity index (χ2v) is 9.73. The van der Waals surface area contributed by atoms with Gasteiger partial charge in [-0.3, -0.25) is 14.4 Å². The largest absolute Gasteiger partial charge is 0.494 e. The molecular formula is C20H20N4O4S2. The number of amides is 1. The molecule has 1 unspecified atom stereocenters. The van der Waals surface area contributed by atoms with Crippen LogP contribution >= 0.6 is 11.3 Å². The summed E-state index contributed by atoms with van der Waals surface area (Å²) in [4.78, 5) is 12.4. The Hall–Kier alpha value is -2.98. The van der Waals surface area contributed by atoms with Gasteiger partial charge in [-0.05, 0) is 56.2 Å². The van der Waals surface area contributed by atoms with E-state index >= 15 is 0 Å². The number of nitrogens with one attached hydrogen (secondary N) is 1. The Morgan fingerprint density at radius 1 is 1.20 bits per heavy atom. The molecule has 0 radical (unpaired) electrons. The zero-order valence-electron chi connectivity index (χ0n) is 16.4. The molecule has 1 aliphatic heterocycles. The van der Waals surface area contributed by atoms with Crippen LogP contribution in [0.4, 0.5) is 10.8 Å². The van der Waals surface area contributed by atoms with E-state index in [4.69, 9.17) is 4.74 Å². The van der Waals surface area contributed by atoms with Crippen molar-refractivity contribution >= 4 is 38.1 Å². The van der Waals surface area contributed by atoms with Gasteiger partial charge in [-0.25, -0.2) is 0 Å². The van der Waals surface area contributed by atoms with Crippen molar-refractivity contribution in [3.63, 3.8) is 0 Å². The number of hydrogen-bond acceptors (Lipinski definition) is 7. The number of para-hydroxylation sites is 1. The van der Waals surface area contributed by atoms with Crippen LogP contribution in [-0.2, 0) is 16.4 Å². The number of carbonyl (C=O) groups excluding carboxylic acids is 1. The predicted molar refractivity (Wildman–Crippen MR) is 115 cm³/mol. The van der Waals surface area contributed by atoms with Gasteiger partial charge in [-0.15, -0.1) is 10.2 Å². The Labute approximate surface area is 178 Å². The minimum atomic E-state index is -3.88. The Morgan fingerprint density at radius 2 is 1.93 bits per heavy atom. The van der Waals surface area contributed by atoms with E-state index in [2.05, 4.69) is 15.5 Å². The lowest BCUT2D eigenvalue weighted by atomic mass is 10.1. The van der Waals surface area contributed by atoms with Crippen LogP contribution in [0.5, 0.6) is 5.75 Å². The number of aromatic nitrogens is 2. The number of carbonyl (C=O) groups is 1. The first-order valence-corrected chi connectivity index (χ1v) is 11.7. The molecule has 0 saturated carbocycles. The lowest BCUT2D eigenvalue weighted by Crippen LogP contribution is -2.35. The molecule has 1 aliphatic rings. The molecule has 0 bridgehead atoms. The van der Waals surface area contributed by atoms with Crippen molar-refractivity contribution in [1.82, 2.24) is 10.2 Å². The molecule has 2 aromatic carbocycles. The van der Waals surface area contributed by atoms with Crippen LogP contribution in [-0.4, -0.2) is 37.2 Å². The molecule has 10 heteroatoms.